The number of anilines is 2. The first-order chi connectivity index (χ1) is 18.3. The van der Waals surface area contributed by atoms with Gasteiger partial charge in [-0.15, -0.1) is 0 Å². The first-order valence-corrected chi connectivity index (χ1v) is 14.6. The van der Waals surface area contributed by atoms with E-state index < -0.39 is 0 Å². The standard InChI is InChI=1S/C31H43Cl2N3O2/c1-17(9-23(7)38-28-13-26-25(10-20(28)4)19(3)12-29(37)34-26)14-35-15-21(5)36(22(6)16-35)27-11-18(2)24(8)30(32)31(27)33/h10-11,13,17,19,21-23H,9,12,14-16H2,1-8H3,(H,34,37)/i11D. The monoisotopic (exact) mass is 560 g/mol. The second-order valence-corrected chi connectivity index (χ2v) is 12.6. The molecule has 38 heavy (non-hydrogen) atoms. The quantitative estimate of drug-likeness (QED) is 0.375. The van der Waals surface area contributed by atoms with Crippen LogP contribution in [0.5, 0.6) is 5.75 Å². The Hall–Kier alpha value is -1.95. The van der Waals surface area contributed by atoms with E-state index in [1.807, 2.05) is 19.9 Å². The van der Waals surface area contributed by atoms with Crippen molar-refractivity contribution in [2.24, 2.45) is 5.92 Å². The minimum atomic E-state index is 0.0481. The van der Waals surface area contributed by atoms with Crippen molar-refractivity contribution in [3.8, 4) is 5.75 Å². The maximum Gasteiger partial charge on any atom is 0.224 e. The summed E-state index contributed by atoms with van der Waals surface area (Å²) in [5.74, 6) is 1.57. The summed E-state index contributed by atoms with van der Waals surface area (Å²) in [6.45, 7) is 19.6. The summed E-state index contributed by atoms with van der Waals surface area (Å²) in [5, 5.41) is 4.05. The molecule has 1 saturated heterocycles. The number of nitrogens with one attached hydrogen (secondary N) is 1. The summed E-state index contributed by atoms with van der Waals surface area (Å²) >= 11 is 13.3. The fraction of sp³-hybridized carbons (Fsp3) is 0.581. The predicted octanol–water partition coefficient (Wildman–Crippen LogP) is 7.76. The van der Waals surface area contributed by atoms with E-state index in [4.69, 9.17) is 29.3 Å². The summed E-state index contributed by atoms with van der Waals surface area (Å²) in [4.78, 5) is 16.8. The molecule has 7 heteroatoms. The zero-order chi connectivity index (χ0) is 28.8. The van der Waals surface area contributed by atoms with E-state index in [1.54, 1.807) is 0 Å². The lowest BCUT2D eigenvalue weighted by Crippen LogP contribution is -2.57. The number of amides is 1. The molecule has 2 aromatic carbocycles. The molecule has 5 unspecified atom stereocenters. The second-order valence-electron chi connectivity index (χ2n) is 11.8. The van der Waals surface area contributed by atoms with Crippen molar-refractivity contribution >= 4 is 40.5 Å². The molecule has 2 aromatic rings. The Bertz CT molecular complexity index is 1210. The van der Waals surface area contributed by atoms with Gasteiger partial charge < -0.3 is 15.0 Å². The minimum Gasteiger partial charge on any atom is -0.490 e. The molecule has 5 nitrogen and oxygen atoms in total. The van der Waals surface area contributed by atoms with Gasteiger partial charge in [0.15, 0.2) is 0 Å². The molecule has 1 N–H and O–H groups in total. The fourth-order valence-electron chi connectivity index (χ4n) is 6.25. The normalized spacial score (nSPS) is 23.9. The van der Waals surface area contributed by atoms with Gasteiger partial charge in [0.2, 0.25) is 5.91 Å². The maximum atomic E-state index is 12.0. The molecule has 0 aromatic heterocycles. The van der Waals surface area contributed by atoms with Gasteiger partial charge in [0.25, 0.3) is 0 Å². The lowest BCUT2D eigenvalue weighted by molar-refractivity contribution is -0.116. The van der Waals surface area contributed by atoms with Crippen molar-refractivity contribution in [1.29, 1.82) is 0 Å². The molecule has 0 aliphatic carbocycles. The fourth-order valence-corrected chi connectivity index (χ4v) is 6.77. The van der Waals surface area contributed by atoms with Gasteiger partial charge in [-0.25, -0.2) is 0 Å². The van der Waals surface area contributed by atoms with Crippen LogP contribution in [0.1, 0.15) is 77.0 Å². The van der Waals surface area contributed by atoms with Crippen LogP contribution in [0, 0.1) is 26.7 Å². The first-order valence-electron chi connectivity index (χ1n) is 14.3. The highest BCUT2D eigenvalue weighted by atomic mass is 35.5. The van der Waals surface area contributed by atoms with E-state index in [-0.39, 0.29) is 30.0 Å². The Labute approximate surface area is 240 Å². The molecule has 0 spiro atoms. The van der Waals surface area contributed by atoms with Gasteiger partial charge in [0, 0.05) is 49.9 Å². The van der Waals surface area contributed by atoms with Crippen molar-refractivity contribution in [3.63, 3.8) is 0 Å². The number of carbonyl (C=O) groups excluding carboxylic acids is 1. The highest BCUT2D eigenvalue weighted by Gasteiger charge is 2.32. The molecule has 1 amide bonds. The summed E-state index contributed by atoms with van der Waals surface area (Å²) in [5.41, 5.74) is 5.69. The molecule has 0 bridgehead atoms. The van der Waals surface area contributed by atoms with Gasteiger partial charge >= 0.3 is 0 Å². The van der Waals surface area contributed by atoms with Gasteiger partial charge in [-0.1, -0.05) is 43.1 Å². The number of halogens is 2. The number of ether oxygens (including phenoxy) is 1. The van der Waals surface area contributed by atoms with Crippen molar-refractivity contribution in [3.05, 3.63) is 50.5 Å². The highest BCUT2D eigenvalue weighted by molar-refractivity contribution is 6.44. The van der Waals surface area contributed by atoms with E-state index in [1.165, 1.54) is 5.56 Å². The van der Waals surface area contributed by atoms with Crippen LogP contribution >= 0.6 is 23.2 Å². The van der Waals surface area contributed by atoms with Crippen molar-refractivity contribution in [2.75, 3.05) is 29.9 Å². The molecule has 2 heterocycles. The maximum absolute atomic E-state index is 12.0. The lowest BCUT2D eigenvalue weighted by Gasteiger charge is -2.47. The molecule has 2 aliphatic heterocycles. The van der Waals surface area contributed by atoms with Crippen molar-refractivity contribution < 1.29 is 10.9 Å². The molecular weight excluding hydrogens is 517 g/mol. The van der Waals surface area contributed by atoms with Crippen LogP contribution in [0.15, 0.2) is 18.2 Å². The first kappa shape index (κ1) is 27.6. The molecule has 2 aliphatic rings. The molecule has 1 fully saturated rings. The van der Waals surface area contributed by atoms with Gasteiger partial charge in [0.1, 0.15) is 5.75 Å². The third kappa shape index (κ3) is 6.11. The third-order valence-corrected chi connectivity index (χ3v) is 9.06. The second kappa shape index (κ2) is 11.7. The van der Waals surface area contributed by atoms with Gasteiger partial charge in [-0.2, -0.15) is 0 Å². The van der Waals surface area contributed by atoms with Gasteiger partial charge in [0.05, 0.1) is 23.2 Å². The minimum absolute atomic E-state index is 0.0481. The SMILES string of the molecule is [2H]c1c(C)c(C)c(Cl)c(Cl)c1N1C(C)CN(CC(C)CC(C)Oc2cc3c(cc2C)C(C)CC(=O)N3)CC1C. The van der Waals surface area contributed by atoms with E-state index in [9.17, 15) is 4.79 Å². The number of aryl methyl sites for hydroxylation is 1. The average Bonchev–Trinajstić information content (AvgIpc) is 2.84. The van der Waals surface area contributed by atoms with Crippen molar-refractivity contribution in [2.45, 2.75) is 92.3 Å². The van der Waals surface area contributed by atoms with Crippen LogP contribution < -0.4 is 15.0 Å². The van der Waals surface area contributed by atoms with E-state index in [0.29, 0.717) is 28.4 Å². The summed E-state index contributed by atoms with van der Waals surface area (Å²) < 4.78 is 15.2. The van der Waals surface area contributed by atoms with Gasteiger partial charge in [-0.3, -0.25) is 9.69 Å². The third-order valence-electron chi connectivity index (χ3n) is 8.13. The number of hydrogen-bond donors (Lipinski definition) is 1. The van der Waals surface area contributed by atoms with Crippen LogP contribution in [0.4, 0.5) is 11.4 Å². The largest absolute Gasteiger partial charge is 0.490 e. The van der Waals surface area contributed by atoms with Crippen LogP contribution in [-0.4, -0.2) is 48.6 Å². The molecule has 0 saturated carbocycles. The lowest BCUT2D eigenvalue weighted by atomic mass is 9.91. The Morgan fingerprint density at radius 1 is 1.08 bits per heavy atom. The molecule has 4 rings (SSSR count). The van der Waals surface area contributed by atoms with Gasteiger partial charge in [-0.05, 0) is 88.1 Å². The Balaban J connectivity index is 1.38. The molecular formula is C31H43Cl2N3O2. The van der Waals surface area contributed by atoms with Crippen LogP contribution in [0.2, 0.25) is 10.0 Å². The number of carbonyl (C=O) groups is 1. The van der Waals surface area contributed by atoms with E-state index in [0.717, 1.165) is 59.9 Å². The number of nitrogens with zero attached hydrogens (tertiary/aromatic N) is 2. The topological polar surface area (TPSA) is 44.8 Å². The Kier molecular flexibility index (Phi) is 8.47. The van der Waals surface area contributed by atoms with E-state index in [2.05, 4.69) is 62.7 Å². The Morgan fingerprint density at radius 2 is 1.74 bits per heavy atom. The number of fused-ring (bicyclic) bond motifs is 1. The van der Waals surface area contributed by atoms with Crippen LogP contribution in [0.3, 0.4) is 0 Å². The zero-order valence-electron chi connectivity index (χ0n) is 25.0. The van der Waals surface area contributed by atoms with Crippen LogP contribution in [-0.2, 0) is 4.79 Å². The molecule has 208 valence electrons. The number of rotatable bonds is 7. The number of piperazine rings is 1. The summed E-state index contributed by atoms with van der Waals surface area (Å²) in [7, 11) is 0. The molecule has 5 atom stereocenters. The highest BCUT2D eigenvalue weighted by Crippen LogP contribution is 2.40. The summed E-state index contributed by atoms with van der Waals surface area (Å²) in [6, 6.07) is 5.02. The zero-order valence-corrected chi connectivity index (χ0v) is 25.6. The summed E-state index contributed by atoms with van der Waals surface area (Å²) in [6.07, 6.45) is 1.51. The van der Waals surface area contributed by atoms with Crippen molar-refractivity contribution in [1.82, 2.24) is 4.90 Å². The average molecular weight is 562 g/mol. The van der Waals surface area contributed by atoms with E-state index >= 15 is 0 Å². The smallest absolute Gasteiger partial charge is 0.224 e. The number of benzene rings is 2. The van der Waals surface area contributed by atoms with Crippen LogP contribution in [0.25, 0.3) is 0 Å². The Morgan fingerprint density at radius 3 is 2.39 bits per heavy atom. The predicted molar refractivity (Wildman–Crippen MR) is 160 cm³/mol. The number of hydrogen-bond acceptors (Lipinski definition) is 4. The molecule has 0 radical (unpaired) electrons.